The largest absolute Gasteiger partial charge is 0.490 e. The summed E-state index contributed by atoms with van der Waals surface area (Å²) >= 11 is 9.84. The monoisotopic (exact) mass is 588 g/mol. The Morgan fingerprint density at radius 3 is 2.38 bits per heavy atom. The highest BCUT2D eigenvalue weighted by molar-refractivity contribution is 9.10. The number of nitrogens with two attached hydrogens (primary N) is 1. The lowest BCUT2D eigenvalue weighted by Crippen LogP contribution is -2.17. The predicted molar refractivity (Wildman–Crippen MR) is 142 cm³/mol. The van der Waals surface area contributed by atoms with Crippen molar-refractivity contribution in [3.8, 4) is 11.5 Å². The van der Waals surface area contributed by atoms with Gasteiger partial charge in [-0.15, -0.1) is 12.4 Å². The van der Waals surface area contributed by atoms with Crippen molar-refractivity contribution < 1.29 is 17.9 Å². The van der Waals surface area contributed by atoms with Crippen molar-refractivity contribution in [1.29, 1.82) is 0 Å². The number of sulfonamides is 1. The lowest BCUT2D eigenvalue weighted by atomic mass is 10.1. The number of rotatable bonds is 11. The van der Waals surface area contributed by atoms with E-state index in [0.717, 1.165) is 34.1 Å². The van der Waals surface area contributed by atoms with Crippen molar-refractivity contribution in [1.82, 2.24) is 5.32 Å². The third-order valence-electron chi connectivity index (χ3n) is 4.87. The molecule has 184 valence electrons. The van der Waals surface area contributed by atoms with Crippen molar-refractivity contribution in [2.24, 2.45) is 5.14 Å². The lowest BCUT2D eigenvalue weighted by molar-refractivity contribution is 0.267. The van der Waals surface area contributed by atoms with Gasteiger partial charge in [0.05, 0.1) is 16.0 Å². The second-order valence-electron chi connectivity index (χ2n) is 7.33. The van der Waals surface area contributed by atoms with Gasteiger partial charge >= 0.3 is 0 Å². The summed E-state index contributed by atoms with van der Waals surface area (Å²) in [6, 6.07) is 18.1. The first-order valence-corrected chi connectivity index (χ1v) is 13.1. The van der Waals surface area contributed by atoms with Gasteiger partial charge < -0.3 is 14.8 Å². The molecule has 6 nitrogen and oxygen atoms in total. The molecule has 10 heteroatoms. The second kappa shape index (κ2) is 13.3. The smallest absolute Gasteiger partial charge is 0.238 e. The molecular formula is C24H27BrCl2N2O4S. The molecule has 0 aliphatic heterocycles. The normalized spacial score (nSPS) is 11.1. The van der Waals surface area contributed by atoms with E-state index in [4.69, 9.17) is 26.2 Å². The summed E-state index contributed by atoms with van der Waals surface area (Å²) in [5, 5.41) is 9.19. The van der Waals surface area contributed by atoms with E-state index in [2.05, 4.69) is 21.2 Å². The number of hydrogen-bond acceptors (Lipinski definition) is 5. The zero-order chi connectivity index (χ0) is 23.8. The summed E-state index contributed by atoms with van der Waals surface area (Å²) in [6.07, 6.45) is 0.753. The minimum atomic E-state index is -3.67. The molecule has 3 rings (SSSR count). The standard InChI is InChI=1S/C24H26BrClN2O4S.ClH/c1-2-31-23-14-18(13-21(25)24(23)32-16-19-5-3-4-6-22(19)26)15-28-12-11-17-7-9-20(10-8-17)33(27,29)30;/h3-10,13-14,28H,2,11-12,15-16H2,1H3,(H2,27,29,30);1H. The lowest BCUT2D eigenvalue weighted by Gasteiger charge is -2.16. The molecule has 0 atom stereocenters. The molecule has 3 aromatic carbocycles. The maximum Gasteiger partial charge on any atom is 0.238 e. The average Bonchev–Trinajstić information content (AvgIpc) is 2.77. The van der Waals surface area contributed by atoms with Gasteiger partial charge in [-0.25, -0.2) is 13.6 Å². The molecule has 0 saturated heterocycles. The van der Waals surface area contributed by atoms with Crippen LogP contribution in [0.2, 0.25) is 5.02 Å². The van der Waals surface area contributed by atoms with Crippen LogP contribution in [0.3, 0.4) is 0 Å². The van der Waals surface area contributed by atoms with Gasteiger partial charge in [0.15, 0.2) is 11.5 Å². The van der Waals surface area contributed by atoms with Crippen molar-refractivity contribution in [2.75, 3.05) is 13.2 Å². The minimum absolute atomic E-state index is 0. The Kier molecular flexibility index (Phi) is 11.1. The van der Waals surface area contributed by atoms with Gasteiger partial charge in [-0.2, -0.15) is 0 Å². The minimum Gasteiger partial charge on any atom is -0.490 e. The summed E-state index contributed by atoms with van der Waals surface area (Å²) in [6.45, 7) is 4.14. The van der Waals surface area contributed by atoms with E-state index >= 15 is 0 Å². The van der Waals surface area contributed by atoms with E-state index in [1.54, 1.807) is 12.1 Å². The van der Waals surface area contributed by atoms with Gasteiger partial charge in [-0.1, -0.05) is 41.9 Å². The first kappa shape index (κ1) is 28.4. The van der Waals surface area contributed by atoms with Crippen LogP contribution in [0.25, 0.3) is 0 Å². The highest BCUT2D eigenvalue weighted by Gasteiger charge is 2.13. The molecule has 3 N–H and O–H groups in total. The summed E-state index contributed by atoms with van der Waals surface area (Å²) < 4.78 is 35.4. The quantitative estimate of drug-likeness (QED) is 0.289. The Balaban J connectivity index is 0.00000408. The van der Waals surface area contributed by atoms with Crippen LogP contribution in [0.15, 0.2) is 70.0 Å². The fraction of sp³-hybridized carbons (Fsp3) is 0.250. The van der Waals surface area contributed by atoms with E-state index in [1.165, 1.54) is 12.1 Å². The third-order valence-corrected chi connectivity index (χ3v) is 6.76. The topological polar surface area (TPSA) is 90.6 Å². The Labute approximate surface area is 220 Å². The number of nitrogens with one attached hydrogen (secondary N) is 1. The zero-order valence-electron chi connectivity index (χ0n) is 18.6. The number of ether oxygens (including phenoxy) is 2. The van der Waals surface area contributed by atoms with Gasteiger partial charge in [0, 0.05) is 17.1 Å². The SMILES string of the molecule is CCOc1cc(CNCCc2ccc(S(N)(=O)=O)cc2)cc(Br)c1OCc1ccccc1Cl.Cl. The van der Waals surface area contributed by atoms with Crippen LogP contribution in [0.1, 0.15) is 23.6 Å². The summed E-state index contributed by atoms with van der Waals surface area (Å²) in [5.74, 6) is 1.30. The first-order valence-electron chi connectivity index (χ1n) is 10.4. The number of primary sulfonamides is 1. The van der Waals surface area contributed by atoms with Gasteiger partial charge in [0.2, 0.25) is 10.0 Å². The van der Waals surface area contributed by atoms with Gasteiger partial charge in [0.1, 0.15) is 6.61 Å². The Morgan fingerprint density at radius 1 is 1.03 bits per heavy atom. The first-order chi connectivity index (χ1) is 15.8. The highest BCUT2D eigenvalue weighted by atomic mass is 79.9. The van der Waals surface area contributed by atoms with Gasteiger partial charge in [0.25, 0.3) is 0 Å². The van der Waals surface area contributed by atoms with Crippen molar-refractivity contribution in [3.63, 3.8) is 0 Å². The molecule has 0 amide bonds. The Hall–Kier alpha value is -1.81. The Morgan fingerprint density at radius 2 is 1.74 bits per heavy atom. The van der Waals surface area contributed by atoms with Crippen LogP contribution < -0.4 is 19.9 Å². The molecule has 0 aliphatic rings. The van der Waals surface area contributed by atoms with E-state index in [-0.39, 0.29) is 17.3 Å². The molecule has 0 spiro atoms. The van der Waals surface area contributed by atoms with Crippen LogP contribution >= 0.6 is 39.9 Å². The molecule has 0 unspecified atom stereocenters. The van der Waals surface area contributed by atoms with Crippen LogP contribution in [-0.2, 0) is 29.6 Å². The molecule has 0 saturated carbocycles. The van der Waals surface area contributed by atoms with Crippen molar-refractivity contribution >= 4 is 50.0 Å². The summed E-state index contributed by atoms with van der Waals surface area (Å²) in [7, 11) is -3.67. The second-order valence-corrected chi connectivity index (χ2v) is 10.2. The predicted octanol–water partition coefficient (Wildman–Crippen LogP) is 5.48. The van der Waals surface area contributed by atoms with E-state index in [0.29, 0.717) is 36.3 Å². The molecular weight excluding hydrogens is 563 g/mol. The maximum atomic E-state index is 11.4. The average molecular weight is 590 g/mol. The van der Waals surface area contributed by atoms with Crippen LogP contribution in [-0.4, -0.2) is 21.6 Å². The van der Waals surface area contributed by atoms with Gasteiger partial charge in [-0.05, 0) is 77.3 Å². The van der Waals surface area contributed by atoms with Crippen LogP contribution in [0.5, 0.6) is 11.5 Å². The highest BCUT2D eigenvalue weighted by Crippen LogP contribution is 2.37. The molecule has 3 aromatic rings. The molecule has 0 bridgehead atoms. The van der Waals surface area contributed by atoms with E-state index in [9.17, 15) is 8.42 Å². The third kappa shape index (κ3) is 8.15. The van der Waals surface area contributed by atoms with Crippen LogP contribution in [0, 0.1) is 0 Å². The number of benzene rings is 3. The Bertz CT molecular complexity index is 1190. The molecule has 0 aliphatic carbocycles. The van der Waals surface area contributed by atoms with E-state index < -0.39 is 10.0 Å². The summed E-state index contributed by atoms with van der Waals surface area (Å²) in [5.41, 5.74) is 2.96. The maximum absolute atomic E-state index is 11.4. The van der Waals surface area contributed by atoms with Crippen LogP contribution in [0.4, 0.5) is 0 Å². The number of hydrogen-bond donors (Lipinski definition) is 2. The zero-order valence-corrected chi connectivity index (χ0v) is 22.6. The number of halogens is 3. The molecule has 0 aromatic heterocycles. The fourth-order valence-corrected chi connectivity index (χ4v) is 4.51. The molecule has 0 fully saturated rings. The van der Waals surface area contributed by atoms with E-state index in [1.807, 2.05) is 43.3 Å². The molecule has 0 radical (unpaired) electrons. The molecule has 34 heavy (non-hydrogen) atoms. The van der Waals surface area contributed by atoms with Crippen molar-refractivity contribution in [3.05, 3.63) is 86.8 Å². The summed E-state index contributed by atoms with van der Waals surface area (Å²) in [4.78, 5) is 0.115. The molecule has 0 heterocycles. The van der Waals surface area contributed by atoms with Crippen molar-refractivity contribution in [2.45, 2.75) is 31.4 Å². The fourth-order valence-electron chi connectivity index (χ4n) is 3.20. The van der Waals surface area contributed by atoms with Gasteiger partial charge in [-0.3, -0.25) is 0 Å².